The third-order valence-corrected chi connectivity index (χ3v) is 2.67. The van der Waals surface area contributed by atoms with Gasteiger partial charge in [-0.05, 0) is 28.2 Å². The van der Waals surface area contributed by atoms with E-state index in [4.69, 9.17) is 4.84 Å². The molecule has 0 unspecified atom stereocenters. The molecule has 8 nitrogen and oxygen atoms in total. The maximum Gasteiger partial charge on any atom is 0.432 e. The highest BCUT2D eigenvalue weighted by atomic mass is 16.7. The van der Waals surface area contributed by atoms with Gasteiger partial charge in [0.1, 0.15) is 0 Å². The second-order valence-corrected chi connectivity index (χ2v) is 5.33. The van der Waals surface area contributed by atoms with Crippen molar-refractivity contribution in [1.82, 2.24) is 20.2 Å². The Hall–Kier alpha value is -1.67. The number of likely N-dealkylation sites (N-methyl/N-ethyl adjacent to an activating group) is 2. The fraction of sp³-hybridized carbons (Fsp3) is 0.750. The standard InChI is InChI=1S/C12H22N4O4/c1-14(2)7-9(8-15(3)4)13-12(19)20-16-10(17)5-6-11(16)18/h9H,5-8H2,1-4H3,(H,13,19). The van der Waals surface area contributed by atoms with Gasteiger partial charge in [-0.3, -0.25) is 9.59 Å². The molecule has 0 spiro atoms. The average Bonchev–Trinajstić information content (AvgIpc) is 2.58. The molecule has 1 aliphatic heterocycles. The number of hydrogen-bond acceptors (Lipinski definition) is 6. The van der Waals surface area contributed by atoms with E-state index in [1.807, 2.05) is 38.0 Å². The van der Waals surface area contributed by atoms with Crippen molar-refractivity contribution in [2.24, 2.45) is 0 Å². The van der Waals surface area contributed by atoms with Crippen LogP contribution in [0, 0.1) is 0 Å². The van der Waals surface area contributed by atoms with Crippen LogP contribution in [0.25, 0.3) is 0 Å². The maximum absolute atomic E-state index is 11.7. The van der Waals surface area contributed by atoms with Crippen molar-refractivity contribution in [2.75, 3.05) is 41.3 Å². The second kappa shape index (κ2) is 7.20. The summed E-state index contributed by atoms with van der Waals surface area (Å²) in [4.78, 5) is 43.1. The van der Waals surface area contributed by atoms with Crippen LogP contribution in [0.1, 0.15) is 12.8 Å². The van der Waals surface area contributed by atoms with Crippen LogP contribution < -0.4 is 5.32 Å². The largest absolute Gasteiger partial charge is 0.432 e. The smallest absolute Gasteiger partial charge is 0.314 e. The molecule has 0 aromatic heterocycles. The lowest BCUT2D eigenvalue weighted by Crippen LogP contribution is -2.49. The molecule has 0 aromatic carbocycles. The molecule has 0 aliphatic carbocycles. The Kier molecular flexibility index (Phi) is 5.90. The molecular formula is C12H22N4O4. The number of nitrogens with zero attached hydrogens (tertiary/aromatic N) is 3. The highest BCUT2D eigenvalue weighted by Crippen LogP contribution is 2.12. The van der Waals surface area contributed by atoms with E-state index < -0.39 is 17.9 Å². The molecule has 20 heavy (non-hydrogen) atoms. The Labute approximate surface area is 118 Å². The number of carbonyl (C=O) groups is 3. The van der Waals surface area contributed by atoms with Crippen molar-refractivity contribution >= 4 is 17.9 Å². The van der Waals surface area contributed by atoms with Crippen molar-refractivity contribution in [3.8, 4) is 0 Å². The first-order valence-electron chi connectivity index (χ1n) is 6.43. The van der Waals surface area contributed by atoms with Gasteiger partial charge in [0.15, 0.2) is 0 Å². The minimum absolute atomic E-state index is 0.0882. The minimum atomic E-state index is -0.790. The zero-order chi connectivity index (χ0) is 15.3. The maximum atomic E-state index is 11.7. The van der Waals surface area contributed by atoms with Crippen molar-refractivity contribution < 1.29 is 19.2 Å². The van der Waals surface area contributed by atoms with Crippen LogP contribution in [0.4, 0.5) is 4.79 Å². The zero-order valence-electron chi connectivity index (χ0n) is 12.4. The van der Waals surface area contributed by atoms with E-state index in [1.165, 1.54) is 0 Å². The van der Waals surface area contributed by atoms with Gasteiger partial charge in [0, 0.05) is 25.9 Å². The molecule has 114 valence electrons. The molecule has 1 N–H and O–H groups in total. The number of amides is 3. The van der Waals surface area contributed by atoms with Gasteiger partial charge in [-0.2, -0.15) is 0 Å². The molecule has 1 heterocycles. The quantitative estimate of drug-likeness (QED) is 0.648. The average molecular weight is 286 g/mol. The molecule has 1 fully saturated rings. The molecule has 0 aromatic rings. The van der Waals surface area contributed by atoms with Gasteiger partial charge in [0.2, 0.25) is 0 Å². The van der Waals surface area contributed by atoms with Gasteiger partial charge in [0.25, 0.3) is 11.8 Å². The van der Waals surface area contributed by atoms with E-state index in [-0.39, 0.29) is 18.9 Å². The van der Waals surface area contributed by atoms with Crippen molar-refractivity contribution in [1.29, 1.82) is 0 Å². The summed E-state index contributed by atoms with van der Waals surface area (Å²) >= 11 is 0. The first-order chi connectivity index (χ1) is 9.29. The number of carbonyl (C=O) groups excluding carboxylic acids is 3. The van der Waals surface area contributed by atoms with E-state index in [0.29, 0.717) is 18.2 Å². The van der Waals surface area contributed by atoms with Crippen LogP contribution in [0.2, 0.25) is 0 Å². The Morgan fingerprint density at radius 3 is 2.00 bits per heavy atom. The van der Waals surface area contributed by atoms with Crippen LogP contribution in [0.15, 0.2) is 0 Å². The molecule has 1 aliphatic rings. The summed E-state index contributed by atoms with van der Waals surface area (Å²) < 4.78 is 0. The highest BCUT2D eigenvalue weighted by Gasteiger charge is 2.33. The predicted octanol–water partition coefficient (Wildman–Crippen LogP) is -0.732. The zero-order valence-corrected chi connectivity index (χ0v) is 12.4. The topological polar surface area (TPSA) is 82.2 Å². The van der Waals surface area contributed by atoms with Gasteiger partial charge in [-0.1, -0.05) is 0 Å². The number of hydroxylamine groups is 2. The number of rotatable bonds is 6. The van der Waals surface area contributed by atoms with E-state index in [9.17, 15) is 14.4 Å². The van der Waals surface area contributed by atoms with Crippen LogP contribution in [-0.4, -0.2) is 80.1 Å². The summed E-state index contributed by atoms with van der Waals surface area (Å²) in [7, 11) is 7.57. The van der Waals surface area contributed by atoms with E-state index >= 15 is 0 Å². The molecule has 0 saturated carbocycles. The van der Waals surface area contributed by atoms with Gasteiger partial charge in [-0.25, -0.2) is 4.79 Å². The van der Waals surface area contributed by atoms with E-state index in [0.717, 1.165) is 0 Å². The van der Waals surface area contributed by atoms with Crippen LogP contribution in [0.5, 0.6) is 0 Å². The molecule has 0 atom stereocenters. The van der Waals surface area contributed by atoms with Crippen molar-refractivity contribution in [2.45, 2.75) is 18.9 Å². The van der Waals surface area contributed by atoms with Gasteiger partial charge in [-0.15, -0.1) is 5.06 Å². The Balaban J connectivity index is 2.52. The lowest BCUT2D eigenvalue weighted by Gasteiger charge is -2.25. The predicted molar refractivity (Wildman–Crippen MR) is 71.6 cm³/mol. The van der Waals surface area contributed by atoms with Gasteiger partial charge >= 0.3 is 6.09 Å². The molecule has 0 radical (unpaired) electrons. The summed E-state index contributed by atoms with van der Waals surface area (Å²) in [5, 5.41) is 3.20. The molecule has 1 saturated heterocycles. The Morgan fingerprint density at radius 2 is 1.60 bits per heavy atom. The summed E-state index contributed by atoms with van der Waals surface area (Å²) in [6.45, 7) is 1.24. The number of nitrogens with one attached hydrogen (secondary N) is 1. The second-order valence-electron chi connectivity index (χ2n) is 5.33. The van der Waals surface area contributed by atoms with Gasteiger partial charge in [0.05, 0.1) is 6.04 Å². The van der Waals surface area contributed by atoms with Crippen molar-refractivity contribution in [3.63, 3.8) is 0 Å². The summed E-state index contributed by atoms with van der Waals surface area (Å²) in [6.07, 6.45) is -0.613. The lowest BCUT2D eigenvalue weighted by atomic mass is 10.2. The van der Waals surface area contributed by atoms with Gasteiger partial charge < -0.3 is 20.0 Å². The molecule has 1 rings (SSSR count). The Bertz CT molecular complexity index is 358. The van der Waals surface area contributed by atoms with Crippen molar-refractivity contribution in [3.05, 3.63) is 0 Å². The fourth-order valence-corrected chi connectivity index (χ4v) is 1.96. The molecule has 8 heteroatoms. The first-order valence-corrected chi connectivity index (χ1v) is 6.43. The molecule has 3 amide bonds. The van der Waals surface area contributed by atoms with E-state index in [2.05, 4.69) is 5.32 Å². The first kappa shape index (κ1) is 16.4. The Morgan fingerprint density at radius 1 is 1.15 bits per heavy atom. The summed E-state index contributed by atoms with van der Waals surface area (Å²) in [6, 6.07) is -0.166. The minimum Gasteiger partial charge on any atom is -0.314 e. The number of hydrogen-bond donors (Lipinski definition) is 1. The normalized spacial score (nSPS) is 15.7. The third-order valence-electron chi connectivity index (χ3n) is 2.67. The lowest BCUT2D eigenvalue weighted by molar-refractivity contribution is -0.171. The van der Waals surface area contributed by atoms with E-state index in [1.54, 1.807) is 0 Å². The molecular weight excluding hydrogens is 264 g/mol. The fourth-order valence-electron chi connectivity index (χ4n) is 1.96. The van der Waals surface area contributed by atoms with Crippen LogP contribution >= 0.6 is 0 Å². The molecule has 0 bridgehead atoms. The summed E-state index contributed by atoms with van der Waals surface area (Å²) in [5.41, 5.74) is 0. The number of imide groups is 1. The van der Waals surface area contributed by atoms with Crippen LogP contribution in [0.3, 0.4) is 0 Å². The summed E-state index contributed by atoms with van der Waals surface area (Å²) in [5.74, 6) is -0.969. The monoisotopic (exact) mass is 286 g/mol. The highest BCUT2D eigenvalue weighted by molar-refractivity contribution is 6.01. The van der Waals surface area contributed by atoms with Crippen LogP contribution in [-0.2, 0) is 14.4 Å². The third kappa shape index (κ3) is 5.14. The SMILES string of the molecule is CN(C)CC(CN(C)C)NC(=O)ON1C(=O)CCC1=O.